The molecule has 0 radical (unpaired) electrons. The van der Waals surface area contributed by atoms with Crippen LogP contribution >= 0.6 is 69.6 Å². The number of rotatable bonds is 3. The summed E-state index contributed by atoms with van der Waals surface area (Å²) in [5.74, 6) is 0. The number of benzene rings is 1. The normalized spacial score (nSPS) is 14.0. The fraction of sp³-hybridized carbons (Fsp3) is 0.222. The Morgan fingerprint density at radius 2 is 1.58 bits per heavy atom. The van der Waals surface area contributed by atoms with Crippen LogP contribution in [0.4, 0.5) is 0 Å². The number of aliphatic imine (C=N–C) groups is 1. The van der Waals surface area contributed by atoms with Gasteiger partial charge in [0.1, 0.15) is 0 Å². The van der Waals surface area contributed by atoms with Crippen molar-refractivity contribution in [1.82, 2.24) is 0 Å². The van der Waals surface area contributed by atoms with E-state index in [0.29, 0.717) is 5.02 Å². The minimum atomic E-state index is -4.08. The van der Waals surface area contributed by atoms with Crippen molar-refractivity contribution in [3.8, 4) is 0 Å². The molecule has 0 saturated heterocycles. The molecule has 0 fully saturated rings. The van der Waals surface area contributed by atoms with Gasteiger partial charge in [-0.3, -0.25) is 0 Å². The minimum absolute atomic E-state index is 0.119. The van der Waals surface area contributed by atoms with Gasteiger partial charge < -0.3 is 0 Å². The van der Waals surface area contributed by atoms with Gasteiger partial charge in [-0.2, -0.15) is 0 Å². The maximum Gasteiger partial charge on any atom is 0.227 e. The largest absolute Gasteiger partial charge is 0.238 e. The molecule has 0 aliphatic rings. The standard InChI is InChI=1S/C9H5Cl6NO2S/c10-5-1-3-6(4-2-5)19(17,18)7(9(13,14)15)16-8(11)12/h1-4,7H/t7-/m1/s1. The third kappa shape index (κ3) is 4.81. The van der Waals surface area contributed by atoms with Crippen LogP contribution in [0.3, 0.4) is 0 Å². The van der Waals surface area contributed by atoms with Crippen molar-refractivity contribution in [2.24, 2.45) is 4.99 Å². The second-order valence-electron chi connectivity index (χ2n) is 3.26. The highest BCUT2D eigenvalue weighted by molar-refractivity contribution is 7.92. The summed E-state index contributed by atoms with van der Waals surface area (Å²) in [7, 11) is -4.08. The first kappa shape index (κ1) is 17.6. The van der Waals surface area contributed by atoms with Crippen LogP contribution in [0.5, 0.6) is 0 Å². The molecule has 10 heteroatoms. The zero-order chi connectivity index (χ0) is 14.8. The van der Waals surface area contributed by atoms with Gasteiger partial charge in [0.2, 0.25) is 19.0 Å². The van der Waals surface area contributed by atoms with Crippen LogP contribution in [0.25, 0.3) is 0 Å². The molecule has 0 aliphatic heterocycles. The monoisotopic (exact) mass is 401 g/mol. The highest BCUT2D eigenvalue weighted by atomic mass is 35.6. The Hall–Kier alpha value is 0.580. The molecule has 1 atom stereocenters. The fourth-order valence-electron chi connectivity index (χ4n) is 1.16. The van der Waals surface area contributed by atoms with Gasteiger partial charge in [-0.05, 0) is 47.5 Å². The lowest BCUT2D eigenvalue weighted by Crippen LogP contribution is -2.33. The second kappa shape index (κ2) is 6.56. The Morgan fingerprint density at radius 3 is 1.95 bits per heavy atom. The molecule has 0 aliphatic carbocycles. The predicted molar refractivity (Wildman–Crippen MR) is 81.9 cm³/mol. The molecule has 0 unspecified atom stereocenters. The van der Waals surface area contributed by atoms with Gasteiger partial charge in [0.05, 0.1) is 4.90 Å². The lowest BCUT2D eigenvalue weighted by atomic mass is 10.4. The van der Waals surface area contributed by atoms with Crippen molar-refractivity contribution in [3.05, 3.63) is 29.3 Å². The van der Waals surface area contributed by atoms with Gasteiger partial charge in [0.25, 0.3) is 0 Å². The lowest BCUT2D eigenvalue weighted by Gasteiger charge is -2.20. The number of nitrogens with zero attached hydrogens (tertiary/aromatic N) is 1. The zero-order valence-corrected chi connectivity index (χ0v) is 14.2. The summed E-state index contributed by atoms with van der Waals surface area (Å²) in [6.45, 7) is 0. The molecule has 0 bridgehead atoms. The van der Waals surface area contributed by atoms with E-state index in [2.05, 4.69) is 4.99 Å². The van der Waals surface area contributed by atoms with Crippen LogP contribution in [0.2, 0.25) is 5.02 Å². The molecule has 19 heavy (non-hydrogen) atoms. The van der Waals surface area contributed by atoms with E-state index in [1.807, 2.05) is 0 Å². The quantitative estimate of drug-likeness (QED) is 0.545. The number of hydrogen-bond acceptors (Lipinski definition) is 3. The van der Waals surface area contributed by atoms with Crippen molar-refractivity contribution < 1.29 is 8.42 Å². The molecule has 1 aromatic carbocycles. The van der Waals surface area contributed by atoms with Gasteiger partial charge in [-0.15, -0.1) is 0 Å². The van der Waals surface area contributed by atoms with E-state index in [1.165, 1.54) is 24.3 Å². The maximum atomic E-state index is 12.3. The number of hydrogen-bond donors (Lipinski definition) is 0. The van der Waals surface area contributed by atoms with E-state index in [9.17, 15) is 8.42 Å². The smallest absolute Gasteiger partial charge is 0.227 e. The maximum absolute atomic E-state index is 12.3. The summed E-state index contributed by atoms with van der Waals surface area (Å²) >= 11 is 33.2. The Labute approximate surface area is 140 Å². The summed E-state index contributed by atoms with van der Waals surface area (Å²) in [4.78, 5) is 3.33. The third-order valence-electron chi connectivity index (χ3n) is 1.93. The summed E-state index contributed by atoms with van der Waals surface area (Å²) in [5, 5.41) is -1.40. The minimum Gasteiger partial charge on any atom is -0.238 e. The zero-order valence-electron chi connectivity index (χ0n) is 8.83. The SMILES string of the molecule is O=S(=O)(c1ccc(Cl)cc1)[C@@H](N=C(Cl)Cl)C(Cl)(Cl)Cl. The fourth-order valence-corrected chi connectivity index (χ4v) is 4.17. The Kier molecular flexibility index (Phi) is 6.09. The van der Waals surface area contributed by atoms with Crippen LogP contribution in [-0.4, -0.2) is 22.2 Å². The Balaban J connectivity index is 3.36. The molecule has 0 spiro atoms. The van der Waals surface area contributed by atoms with Crippen molar-refractivity contribution in [3.63, 3.8) is 0 Å². The van der Waals surface area contributed by atoms with Crippen molar-refractivity contribution >= 4 is 84.1 Å². The van der Waals surface area contributed by atoms with E-state index in [0.717, 1.165) is 0 Å². The molecule has 1 rings (SSSR count). The first-order valence-corrected chi connectivity index (χ1v) is 8.31. The van der Waals surface area contributed by atoms with Crippen molar-refractivity contribution in [1.29, 1.82) is 0 Å². The van der Waals surface area contributed by atoms with Gasteiger partial charge >= 0.3 is 0 Å². The Morgan fingerprint density at radius 1 is 1.11 bits per heavy atom. The molecule has 0 heterocycles. The van der Waals surface area contributed by atoms with Gasteiger partial charge in [0.15, 0.2) is 4.63 Å². The predicted octanol–water partition coefficient (Wildman–Crippen LogP) is 4.64. The van der Waals surface area contributed by atoms with Crippen molar-refractivity contribution in [2.45, 2.75) is 14.1 Å². The van der Waals surface area contributed by atoms with Gasteiger partial charge in [0, 0.05) is 5.02 Å². The van der Waals surface area contributed by atoms with E-state index in [1.54, 1.807) is 0 Å². The molecule has 0 aromatic heterocycles. The molecule has 0 N–H and O–H groups in total. The van der Waals surface area contributed by atoms with Crippen LogP contribution in [-0.2, 0) is 9.84 Å². The summed E-state index contributed by atoms with van der Waals surface area (Å²) < 4.78 is 21.8. The molecular weight excluding hydrogens is 399 g/mol. The Bertz CT molecular complexity index is 574. The average Bonchev–Trinajstić information content (AvgIpc) is 2.24. The van der Waals surface area contributed by atoms with E-state index < -0.39 is 23.6 Å². The van der Waals surface area contributed by atoms with E-state index in [4.69, 9.17) is 69.6 Å². The molecule has 3 nitrogen and oxygen atoms in total. The number of alkyl halides is 3. The summed E-state index contributed by atoms with van der Waals surface area (Å²) in [6, 6.07) is 5.29. The van der Waals surface area contributed by atoms with Crippen molar-refractivity contribution in [2.75, 3.05) is 0 Å². The third-order valence-corrected chi connectivity index (χ3v) is 5.36. The van der Waals surface area contributed by atoms with Gasteiger partial charge in [-0.25, -0.2) is 13.4 Å². The first-order chi connectivity index (χ1) is 8.55. The summed E-state index contributed by atoms with van der Waals surface area (Å²) in [5.41, 5.74) is 0. The lowest BCUT2D eigenvalue weighted by molar-refractivity contribution is 0.582. The first-order valence-electron chi connectivity index (χ1n) is 4.50. The highest BCUT2D eigenvalue weighted by Gasteiger charge is 2.43. The number of halogens is 6. The van der Waals surface area contributed by atoms with Crippen LogP contribution in [0, 0.1) is 0 Å². The van der Waals surface area contributed by atoms with Crippen LogP contribution in [0.1, 0.15) is 0 Å². The molecule has 106 valence electrons. The topological polar surface area (TPSA) is 46.5 Å². The highest BCUT2D eigenvalue weighted by Crippen LogP contribution is 2.38. The average molecular weight is 404 g/mol. The van der Waals surface area contributed by atoms with Gasteiger partial charge in [-0.1, -0.05) is 46.4 Å². The molecule has 1 aromatic rings. The second-order valence-corrected chi connectivity index (χ2v) is 8.99. The van der Waals surface area contributed by atoms with Crippen LogP contribution < -0.4 is 0 Å². The molecule has 0 saturated carbocycles. The molecule has 0 amide bonds. The van der Waals surface area contributed by atoms with E-state index >= 15 is 0 Å². The number of sulfone groups is 1. The molecular formula is C9H5Cl6NO2S. The van der Waals surface area contributed by atoms with E-state index in [-0.39, 0.29) is 4.90 Å². The van der Waals surface area contributed by atoms with Crippen LogP contribution in [0.15, 0.2) is 34.2 Å². The summed E-state index contributed by atoms with van der Waals surface area (Å²) in [6.07, 6.45) is 0.